The van der Waals surface area contributed by atoms with Gasteiger partial charge in [0, 0.05) is 35.1 Å². The van der Waals surface area contributed by atoms with Crippen molar-refractivity contribution in [3.8, 4) is 5.88 Å². The number of rotatable bonds is 7. The van der Waals surface area contributed by atoms with Crippen LogP contribution in [-0.2, 0) is 6.54 Å². The summed E-state index contributed by atoms with van der Waals surface area (Å²) in [7, 11) is 4.08. The van der Waals surface area contributed by atoms with E-state index in [2.05, 4.69) is 27.3 Å². The molecule has 4 rings (SSSR count). The van der Waals surface area contributed by atoms with Crippen molar-refractivity contribution < 1.29 is 9.90 Å². The van der Waals surface area contributed by atoms with Gasteiger partial charge in [-0.25, -0.2) is 4.99 Å². The fourth-order valence-corrected chi connectivity index (χ4v) is 3.86. The van der Waals surface area contributed by atoms with Gasteiger partial charge in [0.25, 0.3) is 5.91 Å². The van der Waals surface area contributed by atoms with Crippen molar-refractivity contribution in [2.75, 3.05) is 20.6 Å². The molecule has 1 aromatic heterocycles. The van der Waals surface area contributed by atoms with Crippen molar-refractivity contribution >= 4 is 28.2 Å². The molecule has 0 bridgehead atoms. The molecule has 0 aliphatic carbocycles. The molecule has 4 aromatic rings. The van der Waals surface area contributed by atoms with Crippen molar-refractivity contribution in [3.05, 3.63) is 95.1 Å². The average Bonchev–Trinajstić information content (AvgIpc) is 3.13. The van der Waals surface area contributed by atoms with Crippen LogP contribution < -0.4 is 5.32 Å². The Morgan fingerprint density at radius 2 is 1.73 bits per heavy atom. The topological polar surface area (TPSA) is 80.7 Å². The molecule has 0 radical (unpaired) electrons. The summed E-state index contributed by atoms with van der Waals surface area (Å²) in [4.78, 5) is 22.3. The van der Waals surface area contributed by atoms with E-state index in [1.807, 2.05) is 69.6 Å². The molecule has 1 heterocycles. The molecule has 168 valence electrons. The van der Waals surface area contributed by atoms with Crippen molar-refractivity contribution in [3.63, 3.8) is 0 Å². The number of carbonyl (C=O) groups excluding carboxylic acids is 1. The summed E-state index contributed by atoms with van der Waals surface area (Å²) in [6, 6.07) is 23.3. The maximum Gasteiger partial charge on any atom is 0.251 e. The second-order valence-electron chi connectivity index (χ2n) is 8.20. The van der Waals surface area contributed by atoms with E-state index in [0.717, 1.165) is 23.2 Å². The van der Waals surface area contributed by atoms with Crippen LogP contribution in [0.25, 0.3) is 10.9 Å². The van der Waals surface area contributed by atoms with Gasteiger partial charge in [-0.05, 0) is 50.8 Å². The third-order valence-electron chi connectivity index (χ3n) is 5.34. The van der Waals surface area contributed by atoms with Crippen molar-refractivity contribution in [2.45, 2.75) is 13.5 Å². The number of benzene rings is 3. The number of amides is 1. The van der Waals surface area contributed by atoms with Crippen molar-refractivity contribution in [2.24, 2.45) is 4.99 Å². The number of aromatic nitrogens is 1. The Kier molecular flexibility index (Phi) is 6.56. The van der Waals surface area contributed by atoms with Gasteiger partial charge >= 0.3 is 0 Å². The van der Waals surface area contributed by atoms with Gasteiger partial charge in [0.1, 0.15) is 0 Å². The maximum absolute atomic E-state index is 12.3. The number of nitrogens with zero attached hydrogens (tertiary/aromatic N) is 2. The van der Waals surface area contributed by atoms with Crippen LogP contribution in [0.1, 0.15) is 34.0 Å². The SMILES string of the molecule is CCNC(=O)c1ccc2c(C(=Nc3ccc(CN(C)C)cc3)c3ccccc3)c(O)[nH]c2c1. The largest absolute Gasteiger partial charge is 0.494 e. The lowest BCUT2D eigenvalue weighted by Gasteiger charge is -2.10. The molecule has 0 saturated heterocycles. The number of hydrogen-bond acceptors (Lipinski definition) is 4. The van der Waals surface area contributed by atoms with Gasteiger partial charge in [0.15, 0.2) is 5.88 Å². The van der Waals surface area contributed by atoms with Crippen LogP contribution >= 0.6 is 0 Å². The number of H-pyrrole nitrogens is 1. The second-order valence-corrected chi connectivity index (χ2v) is 8.20. The summed E-state index contributed by atoms with van der Waals surface area (Å²) in [6.07, 6.45) is 0. The van der Waals surface area contributed by atoms with Crippen LogP contribution in [-0.4, -0.2) is 47.2 Å². The number of carbonyl (C=O) groups is 1. The first-order valence-corrected chi connectivity index (χ1v) is 11.0. The normalized spacial score (nSPS) is 11.8. The molecule has 0 aliphatic rings. The summed E-state index contributed by atoms with van der Waals surface area (Å²) in [5.41, 5.74) is 5.36. The minimum atomic E-state index is -0.148. The summed E-state index contributed by atoms with van der Waals surface area (Å²) in [5.74, 6) is -0.130. The van der Waals surface area contributed by atoms with Crippen LogP contribution in [0.2, 0.25) is 0 Å². The molecule has 0 unspecified atom stereocenters. The summed E-state index contributed by atoms with van der Waals surface area (Å²) < 4.78 is 0. The first kappa shape index (κ1) is 22.3. The molecular formula is C27H28N4O2. The van der Waals surface area contributed by atoms with Gasteiger partial charge in [0.2, 0.25) is 0 Å². The van der Waals surface area contributed by atoms with Crippen LogP contribution in [0, 0.1) is 0 Å². The standard InChI is InChI=1S/C27H28N4O2/c1-4-28-26(32)20-12-15-22-23(16-20)30-27(33)24(22)25(19-8-6-5-7-9-19)29-21-13-10-18(11-14-21)17-31(2)3/h5-16,30,33H,4,17H2,1-3H3,(H,28,32). The number of aromatic amines is 1. The van der Waals surface area contributed by atoms with Crippen LogP contribution in [0.4, 0.5) is 5.69 Å². The van der Waals surface area contributed by atoms with E-state index in [0.29, 0.717) is 28.9 Å². The molecule has 33 heavy (non-hydrogen) atoms. The minimum Gasteiger partial charge on any atom is -0.494 e. The fourth-order valence-electron chi connectivity index (χ4n) is 3.86. The molecule has 6 heteroatoms. The predicted molar refractivity (Wildman–Crippen MR) is 134 cm³/mol. The quantitative estimate of drug-likeness (QED) is 0.359. The highest BCUT2D eigenvalue weighted by Gasteiger charge is 2.19. The Morgan fingerprint density at radius 1 is 1.00 bits per heavy atom. The lowest BCUT2D eigenvalue weighted by Crippen LogP contribution is -2.22. The van der Waals surface area contributed by atoms with Gasteiger partial charge in [-0.2, -0.15) is 0 Å². The van der Waals surface area contributed by atoms with E-state index in [4.69, 9.17) is 4.99 Å². The summed E-state index contributed by atoms with van der Waals surface area (Å²) in [6.45, 7) is 3.29. The van der Waals surface area contributed by atoms with Gasteiger partial charge < -0.3 is 20.3 Å². The molecule has 0 saturated carbocycles. The van der Waals surface area contributed by atoms with Gasteiger partial charge in [0.05, 0.1) is 17.0 Å². The molecule has 1 amide bonds. The van der Waals surface area contributed by atoms with E-state index >= 15 is 0 Å². The predicted octanol–water partition coefficient (Wildman–Crippen LogP) is 4.85. The monoisotopic (exact) mass is 440 g/mol. The second kappa shape index (κ2) is 9.71. The van der Waals surface area contributed by atoms with Crippen LogP contribution in [0.5, 0.6) is 5.88 Å². The van der Waals surface area contributed by atoms with E-state index in [9.17, 15) is 9.90 Å². The van der Waals surface area contributed by atoms with Gasteiger partial charge in [-0.1, -0.05) is 48.5 Å². The Hall–Kier alpha value is -3.90. The lowest BCUT2D eigenvalue weighted by atomic mass is 10.00. The zero-order valence-electron chi connectivity index (χ0n) is 19.1. The van der Waals surface area contributed by atoms with E-state index < -0.39 is 0 Å². The van der Waals surface area contributed by atoms with Gasteiger partial charge in [-0.3, -0.25) is 4.79 Å². The molecule has 3 N–H and O–H groups in total. The molecule has 0 fully saturated rings. The van der Waals surface area contributed by atoms with Crippen LogP contribution in [0.15, 0.2) is 77.8 Å². The smallest absolute Gasteiger partial charge is 0.251 e. The zero-order valence-corrected chi connectivity index (χ0v) is 19.1. The lowest BCUT2D eigenvalue weighted by molar-refractivity contribution is 0.0956. The highest BCUT2D eigenvalue weighted by atomic mass is 16.3. The summed E-state index contributed by atoms with van der Waals surface area (Å²) in [5, 5.41) is 14.5. The first-order valence-electron chi connectivity index (χ1n) is 11.0. The molecule has 0 aliphatic heterocycles. The van der Waals surface area contributed by atoms with E-state index in [-0.39, 0.29) is 11.8 Å². The maximum atomic E-state index is 12.3. The van der Waals surface area contributed by atoms with Gasteiger partial charge in [-0.15, -0.1) is 0 Å². The third kappa shape index (κ3) is 4.96. The van der Waals surface area contributed by atoms with E-state index in [1.54, 1.807) is 12.1 Å². The Bertz CT molecular complexity index is 1290. The Labute approximate surface area is 193 Å². The number of aliphatic imine (C=N–C) groups is 1. The highest BCUT2D eigenvalue weighted by Crippen LogP contribution is 2.32. The number of fused-ring (bicyclic) bond motifs is 1. The Balaban J connectivity index is 1.82. The van der Waals surface area contributed by atoms with E-state index in [1.165, 1.54) is 5.56 Å². The number of aromatic hydroxyl groups is 1. The number of hydrogen-bond donors (Lipinski definition) is 3. The summed E-state index contributed by atoms with van der Waals surface area (Å²) >= 11 is 0. The Morgan fingerprint density at radius 3 is 2.39 bits per heavy atom. The van der Waals surface area contributed by atoms with Crippen molar-refractivity contribution in [1.82, 2.24) is 15.2 Å². The average molecular weight is 441 g/mol. The fraction of sp³-hybridized carbons (Fsp3) is 0.185. The number of nitrogens with one attached hydrogen (secondary N) is 2. The molecule has 0 spiro atoms. The third-order valence-corrected chi connectivity index (χ3v) is 5.34. The van der Waals surface area contributed by atoms with Crippen LogP contribution in [0.3, 0.4) is 0 Å². The zero-order chi connectivity index (χ0) is 23.4. The molecule has 3 aromatic carbocycles. The first-order chi connectivity index (χ1) is 16.0. The van der Waals surface area contributed by atoms with Crippen molar-refractivity contribution in [1.29, 1.82) is 0 Å². The highest BCUT2D eigenvalue weighted by molar-refractivity contribution is 6.22. The minimum absolute atomic E-state index is 0.0184. The molecule has 0 atom stereocenters. The molecule has 6 nitrogen and oxygen atoms in total. The molecular weight excluding hydrogens is 412 g/mol.